The Labute approximate surface area is 206 Å². The van der Waals surface area contributed by atoms with Gasteiger partial charge in [0.05, 0.1) is 5.56 Å². The first-order chi connectivity index (χ1) is 17.4. The number of nitrogens with zero attached hydrogens (tertiary/aromatic N) is 1. The van der Waals surface area contributed by atoms with Gasteiger partial charge in [0.25, 0.3) is 0 Å². The Morgan fingerprint density at radius 2 is 1.97 bits per heavy atom. The molecule has 1 aliphatic carbocycles. The third-order valence-corrected chi connectivity index (χ3v) is 6.85. The van der Waals surface area contributed by atoms with Crippen molar-refractivity contribution in [1.29, 1.82) is 0 Å². The Hall–Kier alpha value is -4.00. The largest absolute Gasteiger partial charge is 0.513 e. The van der Waals surface area contributed by atoms with Crippen LogP contribution in [0.25, 0.3) is 23.0 Å². The summed E-state index contributed by atoms with van der Waals surface area (Å²) in [6.45, 7) is 3.75. The van der Waals surface area contributed by atoms with Crippen LogP contribution in [-0.4, -0.2) is 20.1 Å². The molecule has 0 spiro atoms. The summed E-state index contributed by atoms with van der Waals surface area (Å²) in [4.78, 5) is 10.5. The van der Waals surface area contributed by atoms with Crippen LogP contribution >= 0.6 is 0 Å². The number of aliphatic hydroxyl groups excluding tert-OH is 1. The third-order valence-electron chi connectivity index (χ3n) is 6.85. The molecule has 1 saturated carbocycles. The predicted octanol–water partition coefficient (Wildman–Crippen LogP) is 6.08. The molecule has 0 amide bonds. The summed E-state index contributed by atoms with van der Waals surface area (Å²) in [5.41, 5.74) is 3.83. The number of hydrogen-bond acceptors (Lipinski definition) is 2. The molecule has 36 heavy (non-hydrogen) atoms. The molecule has 1 unspecified atom stereocenters. The van der Waals surface area contributed by atoms with E-state index in [1.165, 1.54) is 12.1 Å². The molecule has 4 aromatic rings. The summed E-state index contributed by atoms with van der Waals surface area (Å²) in [5, 5.41) is 10.1. The lowest BCUT2D eigenvalue weighted by Crippen LogP contribution is -2.24. The van der Waals surface area contributed by atoms with E-state index in [1.54, 1.807) is 36.7 Å². The first-order valence-corrected chi connectivity index (χ1v) is 11.9. The molecule has 2 heterocycles. The van der Waals surface area contributed by atoms with Crippen molar-refractivity contribution in [1.82, 2.24) is 15.0 Å². The molecule has 0 bridgehead atoms. The lowest BCUT2D eigenvalue weighted by atomic mass is 9.94. The number of H-pyrrole nitrogens is 2. The number of aliphatic hydroxyl groups is 1. The maximum Gasteiger partial charge on any atom is 0.159 e. The van der Waals surface area contributed by atoms with E-state index < -0.39 is 11.6 Å². The standard InChI is InChI=1S/C29H26F3N3O/c1-16(21-10-11-33-26(21)13-20(30)15-36)19-8-9-25(31)24(12-19)29-34-14-27(35-29)17(2)22-4-3-5-23(28(22)32)18-6-7-18/h3-5,8-15,17-18,33,36H,6-7H2,1-2H3,(H,34,35)/b20-15-,21-16-,26-13+. The molecule has 2 aromatic heterocycles. The van der Waals surface area contributed by atoms with Crippen LogP contribution in [0.4, 0.5) is 13.2 Å². The van der Waals surface area contributed by atoms with Gasteiger partial charge >= 0.3 is 0 Å². The van der Waals surface area contributed by atoms with Crippen LogP contribution < -0.4 is 10.6 Å². The van der Waals surface area contributed by atoms with E-state index in [4.69, 9.17) is 5.11 Å². The van der Waals surface area contributed by atoms with Gasteiger partial charge in [-0.2, -0.15) is 0 Å². The van der Waals surface area contributed by atoms with Crippen LogP contribution in [0, 0.1) is 11.6 Å². The van der Waals surface area contributed by atoms with Gasteiger partial charge in [0.15, 0.2) is 5.83 Å². The molecule has 4 nitrogen and oxygen atoms in total. The van der Waals surface area contributed by atoms with Gasteiger partial charge in [0, 0.05) is 40.6 Å². The lowest BCUT2D eigenvalue weighted by Gasteiger charge is -2.13. The van der Waals surface area contributed by atoms with Gasteiger partial charge in [-0.15, -0.1) is 0 Å². The summed E-state index contributed by atoms with van der Waals surface area (Å²) in [7, 11) is 0. The van der Waals surface area contributed by atoms with Gasteiger partial charge < -0.3 is 15.1 Å². The highest BCUT2D eigenvalue weighted by molar-refractivity contribution is 5.70. The Kier molecular flexibility index (Phi) is 6.31. The van der Waals surface area contributed by atoms with Crippen molar-refractivity contribution in [2.45, 2.75) is 38.5 Å². The molecule has 1 fully saturated rings. The second-order valence-corrected chi connectivity index (χ2v) is 9.22. The molecule has 2 aromatic carbocycles. The number of aromatic amines is 2. The fourth-order valence-corrected chi connectivity index (χ4v) is 4.57. The van der Waals surface area contributed by atoms with Crippen molar-refractivity contribution in [2.24, 2.45) is 0 Å². The number of rotatable bonds is 6. The van der Waals surface area contributed by atoms with Crippen LogP contribution in [0.2, 0.25) is 0 Å². The third kappa shape index (κ3) is 4.49. The monoisotopic (exact) mass is 489 g/mol. The zero-order valence-corrected chi connectivity index (χ0v) is 19.9. The molecular formula is C29H26F3N3O. The van der Waals surface area contributed by atoms with E-state index in [-0.39, 0.29) is 17.3 Å². The van der Waals surface area contributed by atoms with Crippen LogP contribution in [0.15, 0.2) is 66.9 Å². The molecule has 7 heteroatoms. The molecule has 3 N–H and O–H groups in total. The van der Waals surface area contributed by atoms with Gasteiger partial charge in [-0.05, 0) is 66.1 Å². The van der Waals surface area contributed by atoms with E-state index in [2.05, 4.69) is 15.0 Å². The maximum absolute atomic E-state index is 15.2. The van der Waals surface area contributed by atoms with Crippen LogP contribution in [0.1, 0.15) is 60.9 Å². The first-order valence-electron chi connectivity index (χ1n) is 11.9. The second kappa shape index (κ2) is 9.57. The van der Waals surface area contributed by atoms with Crippen molar-refractivity contribution in [3.63, 3.8) is 0 Å². The molecule has 0 radical (unpaired) electrons. The van der Waals surface area contributed by atoms with Crippen molar-refractivity contribution in [3.8, 4) is 11.4 Å². The topological polar surface area (TPSA) is 64.7 Å². The highest BCUT2D eigenvalue weighted by Gasteiger charge is 2.28. The number of aromatic nitrogens is 3. The Balaban J connectivity index is 1.51. The smallest absolute Gasteiger partial charge is 0.159 e. The first kappa shape index (κ1) is 23.7. The van der Waals surface area contributed by atoms with Gasteiger partial charge in [-0.3, -0.25) is 0 Å². The summed E-state index contributed by atoms with van der Waals surface area (Å²) < 4.78 is 43.6. The van der Waals surface area contributed by atoms with Gasteiger partial charge in [-0.1, -0.05) is 31.2 Å². The van der Waals surface area contributed by atoms with Crippen molar-refractivity contribution >= 4 is 11.6 Å². The Bertz CT molecular complexity index is 1580. The van der Waals surface area contributed by atoms with E-state index in [1.807, 2.05) is 26.0 Å². The number of allylic oxidation sites excluding steroid dienone is 1. The summed E-state index contributed by atoms with van der Waals surface area (Å²) in [6.07, 6.45) is 6.89. The van der Waals surface area contributed by atoms with Crippen molar-refractivity contribution in [2.75, 3.05) is 0 Å². The maximum atomic E-state index is 15.2. The average molecular weight is 490 g/mol. The van der Waals surface area contributed by atoms with Crippen LogP contribution in [0.5, 0.6) is 0 Å². The highest BCUT2D eigenvalue weighted by atomic mass is 19.1. The van der Waals surface area contributed by atoms with E-state index >= 15 is 4.39 Å². The van der Waals surface area contributed by atoms with E-state index in [9.17, 15) is 8.78 Å². The van der Waals surface area contributed by atoms with Crippen LogP contribution in [-0.2, 0) is 0 Å². The minimum absolute atomic E-state index is 0.173. The zero-order chi connectivity index (χ0) is 25.4. The van der Waals surface area contributed by atoms with Gasteiger partial charge in [0.1, 0.15) is 23.7 Å². The highest BCUT2D eigenvalue weighted by Crippen LogP contribution is 2.43. The van der Waals surface area contributed by atoms with Crippen molar-refractivity contribution < 1.29 is 18.3 Å². The molecule has 5 rings (SSSR count). The van der Waals surface area contributed by atoms with Crippen molar-refractivity contribution in [3.05, 3.63) is 112 Å². The summed E-state index contributed by atoms with van der Waals surface area (Å²) >= 11 is 0. The Morgan fingerprint density at radius 1 is 1.17 bits per heavy atom. The Morgan fingerprint density at radius 3 is 2.72 bits per heavy atom. The predicted molar refractivity (Wildman–Crippen MR) is 134 cm³/mol. The number of imidazole rings is 1. The minimum atomic E-state index is -0.789. The molecular weight excluding hydrogens is 463 g/mol. The number of benzene rings is 2. The fraction of sp³-hybridized carbons (Fsp3) is 0.207. The van der Waals surface area contributed by atoms with E-state index in [0.717, 1.165) is 29.5 Å². The number of hydrogen-bond donors (Lipinski definition) is 3. The normalized spacial score (nSPS) is 16.4. The molecule has 1 aliphatic rings. The number of halogens is 3. The van der Waals surface area contributed by atoms with Gasteiger partial charge in [-0.25, -0.2) is 18.2 Å². The zero-order valence-electron chi connectivity index (χ0n) is 19.9. The summed E-state index contributed by atoms with van der Waals surface area (Å²) in [6, 6.07) is 12.0. The van der Waals surface area contributed by atoms with Crippen LogP contribution in [0.3, 0.4) is 0 Å². The quantitative estimate of drug-likeness (QED) is 0.288. The molecule has 1 atom stereocenters. The van der Waals surface area contributed by atoms with Gasteiger partial charge in [0.2, 0.25) is 0 Å². The molecule has 184 valence electrons. The molecule has 0 saturated heterocycles. The lowest BCUT2D eigenvalue weighted by molar-refractivity contribution is 0.449. The minimum Gasteiger partial charge on any atom is -0.513 e. The number of nitrogens with one attached hydrogen (secondary N) is 2. The fourth-order valence-electron chi connectivity index (χ4n) is 4.57. The SMILES string of the molecule is C\C(c1ccc(F)c(-c2ncc(C(C)c3cccc(C4CC4)c3F)[nH]2)c1)=c1/cc[nH]/c1=C/C(F)=C/O. The average Bonchev–Trinajstić information content (AvgIpc) is 3.42. The van der Waals surface area contributed by atoms with E-state index in [0.29, 0.717) is 39.8 Å². The second-order valence-electron chi connectivity index (χ2n) is 9.22. The summed E-state index contributed by atoms with van der Waals surface area (Å²) in [5.74, 6) is -1.04. The molecule has 0 aliphatic heterocycles.